The van der Waals surface area contributed by atoms with Crippen LogP contribution in [0.2, 0.25) is 0 Å². The van der Waals surface area contributed by atoms with Crippen LogP contribution in [0.3, 0.4) is 0 Å². The first-order valence-corrected chi connectivity index (χ1v) is 16.3. The molecule has 10 heteroatoms. The van der Waals surface area contributed by atoms with Gasteiger partial charge in [0.25, 0.3) is 11.8 Å². The van der Waals surface area contributed by atoms with Gasteiger partial charge in [-0.25, -0.2) is 9.07 Å². The van der Waals surface area contributed by atoms with E-state index in [1.807, 2.05) is 36.1 Å². The van der Waals surface area contributed by atoms with Crippen LogP contribution in [0.15, 0.2) is 72.8 Å². The standard InChI is InChI=1S/C37H42FN5O4/c1-4-6-18-41(19-7-5-2)37(47)32-20-25(3)43(40-32)33-17-16-29(39-34(44)21-27-13-10-11-15-31(27)38)23-30(33)36(46)42-24-28-14-9-8-12-26(28)22-35(42)45/h8-17,20,23,35,45H,4-7,18-19,21-22,24H2,1-3H3,(H,39,44)/t35-/m1/s1. The van der Waals surface area contributed by atoms with Crippen LogP contribution < -0.4 is 5.32 Å². The van der Waals surface area contributed by atoms with E-state index in [0.29, 0.717) is 30.2 Å². The summed E-state index contributed by atoms with van der Waals surface area (Å²) in [4.78, 5) is 44.0. The Balaban J connectivity index is 1.50. The van der Waals surface area contributed by atoms with Crippen LogP contribution in [0, 0.1) is 12.7 Å². The van der Waals surface area contributed by atoms with Gasteiger partial charge >= 0.3 is 0 Å². The van der Waals surface area contributed by atoms with Crippen molar-refractivity contribution in [3.05, 3.63) is 112 Å². The quantitative estimate of drug-likeness (QED) is 0.196. The summed E-state index contributed by atoms with van der Waals surface area (Å²) in [6.07, 6.45) is 2.73. The number of aliphatic hydroxyl groups is 1. The van der Waals surface area contributed by atoms with Gasteiger partial charge in [0.1, 0.15) is 12.0 Å². The first-order chi connectivity index (χ1) is 22.7. The Morgan fingerprint density at radius 3 is 2.34 bits per heavy atom. The lowest BCUT2D eigenvalue weighted by atomic mass is 9.97. The molecule has 0 saturated carbocycles. The summed E-state index contributed by atoms with van der Waals surface area (Å²) in [5.41, 5.74) is 4.01. The Bertz CT molecular complexity index is 1740. The third kappa shape index (κ3) is 7.77. The third-order valence-corrected chi connectivity index (χ3v) is 8.49. The number of aliphatic hydroxyl groups excluding tert-OH is 1. The summed E-state index contributed by atoms with van der Waals surface area (Å²) < 4.78 is 15.8. The number of hydrogen-bond donors (Lipinski definition) is 2. The van der Waals surface area contributed by atoms with Crippen LogP contribution in [-0.2, 0) is 24.2 Å². The molecule has 246 valence electrons. The molecule has 1 aliphatic heterocycles. The molecule has 1 aliphatic rings. The molecule has 0 unspecified atom stereocenters. The predicted octanol–water partition coefficient (Wildman–Crippen LogP) is 6.06. The number of nitrogens with zero attached hydrogens (tertiary/aromatic N) is 4. The molecule has 0 fully saturated rings. The lowest BCUT2D eigenvalue weighted by molar-refractivity contribution is -0.115. The molecular weight excluding hydrogens is 597 g/mol. The summed E-state index contributed by atoms with van der Waals surface area (Å²) >= 11 is 0. The number of hydrogen-bond acceptors (Lipinski definition) is 5. The smallest absolute Gasteiger partial charge is 0.274 e. The average Bonchev–Trinajstić information content (AvgIpc) is 3.46. The van der Waals surface area contributed by atoms with Gasteiger partial charge in [-0.2, -0.15) is 5.10 Å². The molecule has 2 N–H and O–H groups in total. The first kappa shape index (κ1) is 33.5. The second-order valence-electron chi connectivity index (χ2n) is 12.0. The van der Waals surface area contributed by atoms with Gasteiger partial charge in [0, 0.05) is 37.4 Å². The topological polar surface area (TPSA) is 108 Å². The molecule has 1 atom stereocenters. The number of carbonyl (C=O) groups is 3. The summed E-state index contributed by atoms with van der Waals surface area (Å²) in [7, 11) is 0. The van der Waals surface area contributed by atoms with Crippen LogP contribution in [0.25, 0.3) is 5.69 Å². The normalized spacial score (nSPS) is 14.1. The Morgan fingerprint density at radius 2 is 1.64 bits per heavy atom. The fourth-order valence-electron chi connectivity index (χ4n) is 5.86. The van der Waals surface area contributed by atoms with Crippen molar-refractivity contribution in [2.75, 3.05) is 18.4 Å². The van der Waals surface area contributed by atoms with E-state index in [1.165, 1.54) is 11.0 Å². The first-order valence-electron chi connectivity index (χ1n) is 16.3. The lowest BCUT2D eigenvalue weighted by Crippen LogP contribution is -2.44. The number of halogens is 1. The molecule has 0 radical (unpaired) electrons. The maximum absolute atomic E-state index is 14.3. The van der Waals surface area contributed by atoms with Crippen molar-refractivity contribution in [2.24, 2.45) is 0 Å². The minimum Gasteiger partial charge on any atom is -0.373 e. The number of unbranched alkanes of at least 4 members (excludes halogenated alkanes) is 2. The zero-order chi connectivity index (χ0) is 33.5. The van der Waals surface area contributed by atoms with E-state index in [4.69, 9.17) is 0 Å². The van der Waals surface area contributed by atoms with E-state index in [2.05, 4.69) is 24.3 Å². The number of fused-ring (bicyclic) bond motifs is 1. The molecule has 0 bridgehead atoms. The Labute approximate surface area is 275 Å². The monoisotopic (exact) mass is 639 g/mol. The molecule has 47 heavy (non-hydrogen) atoms. The second kappa shape index (κ2) is 15.2. The van der Waals surface area contributed by atoms with Crippen molar-refractivity contribution in [3.63, 3.8) is 0 Å². The summed E-state index contributed by atoms with van der Waals surface area (Å²) in [6.45, 7) is 7.47. The van der Waals surface area contributed by atoms with Crippen LogP contribution in [0.1, 0.15) is 82.8 Å². The fraction of sp³-hybridized carbons (Fsp3) is 0.351. The van der Waals surface area contributed by atoms with Gasteiger partial charge in [-0.1, -0.05) is 69.2 Å². The Morgan fingerprint density at radius 1 is 0.957 bits per heavy atom. The van der Waals surface area contributed by atoms with Crippen molar-refractivity contribution >= 4 is 23.4 Å². The predicted molar refractivity (Wildman–Crippen MR) is 179 cm³/mol. The Hall–Kier alpha value is -4.83. The maximum Gasteiger partial charge on any atom is 0.274 e. The number of anilines is 1. The maximum atomic E-state index is 14.3. The van der Waals surface area contributed by atoms with Crippen molar-refractivity contribution in [1.29, 1.82) is 0 Å². The highest BCUT2D eigenvalue weighted by Crippen LogP contribution is 2.28. The van der Waals surface area contributed by atoms with E-state index in [9.17, 15) is 23.9 Å². The lowest BCUT2D eigenvalue weighted by Gasteiger charge is -2.34. The van der Waals surface area contributed by atoms with Crippen LogP contribution in [0.5, 0.6) is 0 Å². The third-order valence-electron chi connectivity index (χ3n) is 8.49. The molecule has 5 rings (SSSR count). The van der Waals surface area contributed by atoms with E-state index >= 15 is 0 Å². The number of aryl methyl sites for hydroxylation is 1. The number of benzene rings is 3. The minimum atomic E-state index is -1.06. The number of amides is 3. The van der Waals surface area contributed by atoms with E-state index in [-0.39, 0.29) is 42.1 Å². The van der Waals surface area contributed by atoms with Gasteiger partial charge in [0.05, 0.1) is 17.7 Å². The molecule has 4 aromatic rings. The molecule has 3 amide bonds. The van der Waals surface area contributed by atoms with Crippen LogP contribution in [-0.4, -0.2) is 61.7 Å². The molecule has 1 aromatic heterocycles. The highest BCUT2D eigenvalue weighted by molar-refractivity contribution is 6.01. The van der Waals surface area contributed by atoms with Gasteiger partial charge in [0.2, 0.25) is 5.91 Å². The van der Waals surface area contributed by atoms with Crippen molar-refractivity contribution in [1.82, 2.24) is 19.6 Å². The number of rotatable bonds is 12. The molecule has 9 nitrogen and oxygen atoms in total. The zero-order valence-corrected chi connectivity index (χ0v) is 27.2. The molecule has 0 spiro atoms. The molecule has 2 heterocycles. The average molecular weight is 640 g/mol. The van der Waals surface area contributed by atoms with Crippen LogP contribution in [0.4, 0.5) is 10.1 Å². The van der Waals surface area contributed by atoms with Crippen molar-refractivity contribution < 1.29 is 23.9 Å². The van der Waals surface area contributed by atoms with Crippen molar-refractivity contribution in [3.8, 4) is 5.69 Å². The van der Waals surface area contributed by atoms with Gasteiger partial charge < -0.3 is 20.2 Å². The molecular formula is C37H42FN5O4. The second-order valence-corrected chi connectivity index (χ2v) is 12.0. The highest BCUT2D eigenvalue weighted by atomic mass is 19.1. The van der Waals surface area contributed by atoms with E-state index in [1.54, 1.807) is 47.1 Å². The van der Waals surface area contributed by atoms with Crippen molar-refractivity contribution in [2.45, 2.75) is 72.1 Å². The SMILES string of the molecule is CCCCN(CCCC)C(=O)c1cc(C)n(-c2ccc(NC(=O)Cc3ccccc3F)cc2C(=O)N2Cc3ccccc3C[C@H]2O)n1. The highest BCUT2D eigenvalue weighted by Gasteiger charge is 2.31. The molecule has 0 saturated heterocycles. The Kier molecular flexibility index (Phi) is 10.8. The minimum absolute atomic E-state index is 0.165. The summed E-state index contributed by atoms with van der Waals surface area (Å²) in [5.74, 6) is -1.55. The fourth-order valence-corrected chi connectivity index (χ4v) is 5.86. The zero-order valence-electron chi connectivity index (χ0n) is 27.2. The summed E-state index contributed by atoms with van der Waals surface area (Å²) in [6, 6.07) is 20.3. The number of carbonyl (C=O) groups excluding carboxylic acids is 3. The van der Waals surface area contributed by atoms with E-state index < -0.39 is 23.9 Å². The van der Waals surface area contributed by atoms with Gasteiger partial charge in [-0.15, -0.1) is 0 Å². The van der Waals surface area contributed by atoms with E-state index in [0.717, 1.165) is 36.8 Å². The molecule has 0 aliphatic carbocycles. The van der Waals surface area contributed by atoms with Gasteiger partial charge in [-0.05, 0) is 66.8 Å². The van der Waals surface area contributed by atoms with Crippen LogP contribution >= 0.6 is 0 Å². The van der Waals surface area contributed by atoms with Gasteiger partial charge in [-0.3, -0.25) is 14.4 Å². The van der Waals surface area contributed by atoms with Gasteiger partial charge in [0.15, 0.2) is 5.69 Å². The number of aromatic nitrogens is 2. The largest absolute Gasteiger partial charge is 0.373 e. The number of nitrogens with one attached hydrogen (secondary N) is 1. The summed E-state index contributed by atoms with van der Waals surface area (Å²) in [5, 5.41) is 18.5. The molecule has 3 aromatic carbocycles.